The van der Waals surface area contributed by atoms with Gasteiger partial charge in [0, 0.05) is 11.8 Å². The molecule has 128 valence electrons. The van der Waals surface area contributed by atoms with Crippen LogP contribution in [0.2, 0.25) is 10.0 Å². The fourth-order valence-electron chi connectivity index (χ4n) is 3.09. The average molecular weight is 370 g/mol. The van der Waals surface area contributed by atoms with E-state index in [9.17, 15) is 0 Å². The molecule has 0 saturated heterocycles. The van der Waals surface area contributed by atoms with Gasteiger partial charge in [-0.15, -0.1) is 0 Å². The molecule has 0 saturated carbocycles. The third-order valence-corrected chi connectivity index (χ3v) is 5.53. The zero-order valence-corrected chi connectivity index (χ0v) is 16.0. The van der Waals surface area contributed by atoms with Gasteiger partial charge >= 0.3 is 0 Å². The Hall–Kier alpha value is -1.83. The molecule has 1 nitrogen and oxygen atoms in total. The Bertz CT molecular complexity index is 873. The molecule has 0 atom stereocenters. The summed E-state index contributed by atoms with van der Waals surface area (Å²) in [5.41, 5.74) is 6.94. The number of aryl methyl sites for hydroxylation is 2. The van der Waals surface area contributed by atoms with Crippen LogP contribution in [-0.2, 0) is 12.8 Å². The van der Waals surface area contributed by atoms with Gasteiger partial charge in [-0.3, -0.25) is 4.98 Å². The van der Waals surface area contributed by atoms with Gasteiger partial charge in [0.2, 0.25) is 0 Å². The number of aromatic nitrogens is 1. The summed E-state index contributed by atoms with van der Waals surface area (Å²) in [7, 11) is 0. The smallest absolute Gasteiger partial charge is 0.0749 e. The molecule has 1 aromatic heterocycles. The Balaban J connectivity index is 1.80. The van der Waals surface area contributed by atoms with Gasteiger partial charge in [-0.2, -0.15) is 0 Å². The van der Waals surface area contributed by atoms with E-state index in [-0.39, 0.29) is 0 Å². The second-order valence-corrected chi connectivity index (χ2v) is 7.11. The van der Waals surface area contributed by atoms with E-state index < -0.39 is 0 Å². The monoisotopic (exact) mass is 369 g/mol. The first kappa shape index (κ1) is 18.0. The first-order valence-corrected chi connectivity index (χ1v) is 9.27. The lowest BCUT2D eigenvalue weighted by atomic mass is 9.96. The van der Waals surface area contributed by atoms with Crippen molar-refractivity contribution >= 4 is 23.2 Å². The van der Waals surface area contributed by atoms with Crippen LogP contribution in [0.4, 0.5) is 0 Å². The van der Waals surface area contributed by atoms with E-state index in [1.165, 1.54) is 22.3 Å². The van der Waals surface area contributed by atoms with Crippen molar-refractivity contribution < 1.29 is 0 Å². The van der Waals surface area contributed by atoms with E-state index in [0.717, 1.165) is 30.5 Å². The van der Waals surface area contributed by atoms with Crippen molar-refractivity contribution in [1.82, 2.24) is 4.98 Å². The van der Waals surface area contributed by atoms with Crippen LogP contribution < -0.4 is 0 Å². The van der Waals surface area contributed by atoms with Crippen molar-refractivity contribution in [2.75, 3.05) is 0 Å². The molecular formula is C22H21Cl2N. The maximum atomic E-state index is 6.37. The molecule has 1 heterocycles. The predicted molar refractivity (Wildman–Crippen MR) is 108 cm³/mol. The summed E-state index contributed by atoms with van der Waals surface area (Å²) >= 11 is 12.5. The van der Waals surface area contributed by atoms with Gasteiger partial charge in [-0.05, 0) is 61.4 Å². The SMILES string of the molecule is Cc1c(CCCc2ccccc2)cnc(-c2cccc(Cl)c2Cl)c1C. The highest BCUT2D eigenvalue weighted by Gasteiger charge is 2.13. The third-order valence-electron chi connectivity index (χ3n) is 4.71. The van der Waals surface area contributed by atoms with Gasteiger partial charge in [-0.25, -0.2) is 0 Å². The Labute approximate surface area is 159 Å². The minimum Gasteiger partial charge on any atom is -0.256 e. The van der Waals surface area contributed by atoms with Crippen LogP contribution in [-0.4, -0.2) is 4.98 Å². The number of halogens is 2. The molecule has 3 heteroatoms. The lowest BCUT2D eigenvalue weighted by Crippen LogP contribution is -2.00. The van der Waals surface area contributed by atoms with Gasteiger partial charge in [0.05, 0.1) is 15.7 Å². The second-order valence-electron chi connectivity index (χ2n) is 6.32. The van der Waals surface area contributed by atoms with E-state index >= 15 is 0 Å². The van der Waals surface area contributed by atoms with Crippen molar-refractivity contribution in [3.63, 3.8) is 0 Å². The molecule has 0 aliphatic carbocycles. The van der Waals surface area contributed by atoms with Crippen LogP contribution in [0.25, 0.3) is 11.3 Å². The van der Waals surface area contributed by atoms with Crippen LogP contribution in [0.15, 0.2) is 54.7 Å². The largest absolute Gasteiger partial charge is 0.256 e. The molecule has 3 aromatic rings. The second kappa shape index (κ2) is 8.03. The fourth-order valence-corrected chi connectivity index (χ4v) is 3.48. The lowest BCUT2D eigenvalue weighted by molar-refractivity contribution is 0.811. The highest BCUT2D eigenvalue weighted by atomic mass is 35.5. The quantitative estimate of drug-likeness (QED) is 0.479. The normalized spacial score (nSPS) is 10.9. The summed E-state index contributed by atoms with van der Waals surface area (Å²) in [5.74, 6) is 0. The van der Waals surface area contributed by atoms with Crippen LogP contribution in [0.3, 0.4) is 0 Å². The number of nitrogens with zero attached hydrogens (tertiary/aromatic N) is 1. The molecule has 0 bridgehead atoms. The minimum atomic E-state index is 0.560. The lowest BCUT2D eigenvalue weighted by Gasteiger charge is -2.14. The fraction of sp³-hybridized carbons (Fsp3) is 0.227. The molecule has 2 aromatic carbocycles. The van der Waals surface area contributed by atoms with Gasteiger partial charge in [0.25, 0.3) is 0 Å². The summed E-state index contributed by atoms with van der Waals surface area (Å²) in [4.78, 5) is 4.69. The van der Waals surface area contributed by atoms with E-state index in [4.69, 9.17) is 28.2 Å². The van der Waals surface area contributed by atoms with E-state index in [1.807, 2.05) is 18.3 Å². The van der Waals surface area contributed by atoms with Gasteiger partial charge in [0.1, 0.15) is 0 Å². The Kier molecular flexibility index (Phi) is 5.78. The molecule has 0 radical (unpaired) electrons. The van der Waals surface area contributed by atoms with Crippen molar-refractivity contribution in [2.24, 2.45) is 0 Å². The van der Waals surface area contributed by atoms with Crippen molar-refractivity contribution in [3.8, 4) is 11.3 Å². The van der Waals surface area contributed by atoms with Crippen LogP contribution in [0.1, 0.15) is 28.7 Å². The number of hydrogen-bond donors (Lipinski definition) is 0. The molecule has 0 unspecified atom stereocenters. The highest BCUT2D eigenvalue weighted by Crippen LogP contribution is 2.35. The predicted octanol–water partition coefficient (Wildman–Crippen LogP) is 6.85. The molecule has 3 rings (SSSR count). The molecular weight excluding hydrogens is 349 g/mol. The van der Waals surface area contributed by atoms with Gasteiger partial charge in [0.15, 0.2) is 0 Å². The van der Waals surface area contributed by atoms with Gasteiger partial charge in [-0.1, -0.05) is 65.7 Å². The zero-order valence-electron chi connectivity index (χ0n) is 14.5. The minimum absolute atomic E-state index is 0.560. The van der Waals surface area contributed by atoms with Crippen molar-refractivity contribution in [3.05, 3.63) is 87.0 Å². The summed E-state index contributed by atoms with van der Waals surface area (Å²) in [5, 5.41) is 1.13. The maximum absolute atomic E-state index is 6.37. The Morgan fingerprint density at radius 1 is 0.840 bits per heavy atom. The number of benzene rings is 2. The van der Waals surface area contributed by atoms with Crippen LogP contribution in [0.5, 0.6) is 0 Å². The van der Waals surface area contributed by atoms with Crippen LogP contribution >= 0.6 is 23.2 Å². The standard InChI is InChI=1S/C22H21Cl2N/c1-15-16(2)22(19-12-7-13-20(23)21(19)24)25-14-18(15)11-6-10-17-8-4-3-5-9-17/h3-5,7-9,12-14H,6,10-11H2,1-2H3. The first-order valence-electron chi connectivity index (χ1n) is 8.51. The molecule has 0 aliphatic rings. The maximum Gasteiger partial charge on any atom is 0.0749 e. The topological polar surface area (TPSA) is 12.9 Å². The Morgan fingerprint density at radius 3 is 2.36 bits per heavy atom. The summed E-state index contributed by atoms with van der Waals surface area (Å²) in [6.45, 7) is 4.27. The summed E-state index contributed by atoms with van der Waals surface area (Å²) < 4.78 is 0. The van der Waals surface area contributed by atoms with E-state index in [0.29, 0.717) is 10.0 Å². The number of rotatable bonds is 5. The molecule has 25 heavy (non-hydrogen) atoms. The third kappa shape index (κ3) is 4.05. The molecule has 0 amide bonds. The molecule has 0 fully saturated rings. The molecule has 0 spiro atoms. The van der Waals surface area contributed by atoms with E-state index in [1.54, 1.807) is 6.07 Å². The first-order chi connectivity index (χ1) is 12.1. The van der Waals surface area contributed by atoms with Crippen LogP contribution in [0, 0.1) is 13.8 Å². The summed E-state index contributed by atoms with van der Waals surface area (Å²) in [6, 6.07) is 16.3. The highest BCUT2D eigenvalue weighted by molar-refractivity contribution is 6.43. The zero-order chi connectivity index (χ0) is 17.8. The van der Waals surface area contributed by atoms with Crippen molar-refractivity contribution in [1.29, 1.82) is 0 Å². The average Bonchev–Trinajstić information content (AvgIpc) is 2.62. The molecule has 0 N–H and O–H groups in total. The molecule has 0 aliphatic heterocycles. The van der Waals surface area contributed by atoms with Gasteiger partial charge < -0.3 is 0 Å². The van der Waals surface area contributed by atoms with Crippen molar-refractivity contribution in [2.45, 2.75) is 33.1 Å². The Morgan fingerprint density at radius 2 is 1.60 bits per heavy atom. The van der Waals surface area contributed by atoms with E-state index in [2.05, 4.69) is 44.2 Å². The number of pyridine rings is 1. The number of hydrogen-bond acceptors (Lipinski definition) is 1. The summed E-state index contributed by atoms with van der Waals surface area (Å²) in [6.07, 6.45) is 5.21.